The van der Waals surface area contributed by atoms with Crippen molar-refractivity contribution in [2.75, 3.05) is 0 Å². The van der Waals surface area contributed by atoms with E-state index in [4.69, 9.17) is 0 Å². The number of fused-ring (bicyclic) bond motifs is 12. The first-order valence-electron chi connectivity index (χ1n) is 12.0. The molecule has 0 aliphatic heterocycles. The van der Waals surface area contributed by atoms with Gasteiger partial charge in [0.2, 0.25) is 0 Å². The summed E-state index contributed by atoms with van der Waals surface area (Å²) in [5, 5.41) is 10.6. The Bertz CT molecular complexity index is 1980. The molecule has 1 aromatic heterocycles. The molecule has 0 saturated heterocycles. The molecule has 0 amide bonds. The molecule has 1 aliphatic carbocycles. The van der Waals surface area contributed by atoms with Crippen LogP contribution in [0.25, 0.3) is 65.3 Å². The SMILES string of the molecule is CC1(C)c2cc3c(cc2-c2c1c1ccccc1c1ccccc21)[nH]c1cc2ccccc2cc13. The third-order valence-electron chi connectivity index (χ3n) is 8.10. The van der Waals surface area contributed by atoms with Crippen LogP contribution in [0.3, 0.4) is 0 Å². The number of aromatic amines is 1. The molecular formula is C33H23N. The predicted octanol–water partition coefficient (Wildman–Crippen LogP) is 9.09. The van der Waals surface area contributed by atoms with Crippen LogP contribution in [0.1, 0.15) is 25.0 Å². The Labute approximate surface area is 197 Å². The number of aromatic nitrogens is 1. The van der Waals surface area contributed by atoms with Crippen LogP contribution in [0.4, 0.5) is 0 Å². The largest absolute Gasteiger partial charge is 0.354 e. The molecule has 0 bridgehead atoms. The Balaban J connectivity index is 1.55. The second kappa shape index (κ2) is 6.07. The molecule has 0 spiro atoms. The van der Waals surface area contributed by atoms with E-state index in [-0.39, 0.29) is 5.41 Å². The molecule has 1 heterocycles. The molecule has 0 unspecified atom stereocenters. The van der Waals surface area contributed by atoms with Crippen molar-refractivity contribution >= 4 is 54.1 Å². The normalized spacial score (nSPS) is 14.4. The van der Waals surface area contributed by atoms with Gasteiger partial charge in [0, 0.05) is 27.2 Å². The van der Waals surface area contributed by atoms with Crippen LogP contribution < -0.4 is 0 Å². The number of benzene rings is 6. The summed E-state index contributed by atoms with van der Waals surface area (Å²) in [4.78, 5) is 3.74. The first kappa shape index (κ1) is 18.3. The van der Waals surface area contributed by atoms with Crippen LogP contribution >= 0.6 is 0 Å². The van der Waals surface area contributed by atoms with Gasteiger partial charge < -0.3 is 4.98 Å². The summed E-state index contributed by atoms with van der Waals surface area (Å²) in [6, 6.07) is 36.0. The highest BCUT2D eigenvalue weighted by molar-refractivity contribution is 6.20. The lowest BCUT2D eigenvalue weighted by molar-refractivity contribution is 0.667. The van der Waals surface area contributed by atoms with Crippen molar-refractivity contribution in [2.24, 2.45) is 0 Å². The summed E-state index contributed by atoms with van der Waals surface area (Å²) in [7, 11) is 0. The fourth-order valence-electron chi connectivity index (χ4n) is 6.57. The van der Waals surface area contributed by atoms with Gasteiger partial charge in [-0.05, 0) is 78.8 Å². The predicted molar refractivity (Wildman–Crippen MR) is 146 cm³/mol. The summed E-state index contributed by atoms with van der Waals surface area (Å²) in [6.07, 6.45) is 0. The standard InChI is InChI=1S/C33H23N/c1-33(2)28-17-26-25-15-19-9-3-4-10-20(19)16-29(25)34-30(26)18-27(28)31-23-13-7-5-11-21(23)22-12-6-8-14-24(22)32(31)33/h3-18,34H,1-2H3. The molecule has 160 valence electrons. The second-order valence-electron chi connectivity index (χ2n) is 10.3. The van der Waals surface area contributed by atoms with Crippen molar-refractivity contribution in [1.29, 1.82) is 0 Å². The van der Waals surface area contributed by atoms with Crippen LogP contribution in [0, 0.1) is 0 Å². The minimum Gasteiger partial charge on any atom is -0.354 e. The van der Waals surface area contributed by atoms with Crippen molar-refractivity contribution in [3.05, 3.63) is 108 Å². The molecule has 0 atom stereocenters. The second-order valence-corrected chi connectivity index (χ2v) is 10.3. The highest BCUT2D eigenvalue weighted by Gasteiger charge is 2.38. The van der Waals surface area contributed by atoms with Gasteiger partial charge in [0.1, 0.15) is 0 Å². The van der Waals surface area contributed by atoms with Gasteiger partial charge in [-0.25, -0.2) is 0 Å². The summed E-state index contributed by atoms with van der Waals surface area (Å²) >= 11 is 0. The first-order valence-corrected chi connectivity index (χ1v) is 12.0. The Morgan fingerprint density at radius 1 is 0.529 bits per heavy atom. The highest BCUT2D eigenvalue weighted by Crippen LogP contribution is 2.55. The zero-order chi connectivity index (χ0) is 22.6. The third-order valence-corrected chi connectivity index (χ3v) is 8.10. The maximum atomic E-state index is 3.74. The first-order chi connectivity index (χ1) is 16.6. The molecule has 1 nitrogen and oxygen atoms in total. The Morgan fingerprint density at radius 2 is 1.09 bits per heavy atom. The van der Waals surface area contributed by atoms with E-state index in [1.54, 1.807) is 0 Å². The van der Waals surface area contributed by atoms with Crippen LogP contribution in [-0.2, 0) is 5.41 Å². The summed E-state index contributed by atoms with van der Waals surface area (Å²) in [6.45, 7) is 4.80. The lowest BCUT2D eigenvalue weighted by Crippen LogP contribution is -2.15. The average Bonchev–Trinajstić information content (AvgIpc) is 3.32. The fraction of sp³-hybridized carbons (Fsp3) is 0.0909. The highest BCUT2D eigenvalue weighted by atomic mass is 14.7. The van der Waals surface area contributed by atoms with Crippen LogP contribution in [-0.4, -0.2) is 4.98 Å². The van der Waals surface area contributed by atoms with E-state index in [2.05, 4.69) is 116 Å². The van der Waals surface area contributed by atoms with Crippen LogP contribution in [0.2, 0.25) is 0 Å². The monoisotopic (exact) mass is 433 g/mol. The van der Waals surface area contributed by atoms with E-state index in [0.29, 0.717) is 0 Å². The van der Waals surface area contributed by atoms with E-state index in [9.17, 15) is 0 Å². The molecule has 1 heteroatoms. The maximum Gasteiger partial charge on any atom is 0.0471 e. The molecule has 7 aromatic rings. The summed E-state index contributed by atoms with van der Waals surface area (Å²) in [5.41, 5.74) is 7.99. The zero-order valence-corrected chi connectivity index (χ0v) is 19.2. The van der Waals surface area contributed by atoms with E-state index in [0.717, 1.165) is 0 Å². The van der Waals surface area contributed by atoms with Crippen LogP contribution in [0.5, 0.6) is 0 Å². The minimum atomic E-state index is -0.0804. The topological polar surface area (TPSA) is 15.8 Å². The average molecular weight is 434 g/mol. The number of nitrogens with one attached hydrogen (secondary N) is 1. The van der Waals surface area contributed by atoms with E-state index in [1.165, 1.54) is 76.4 Å². The van der Waals surface area contributed by atoms with Gasteiger partial charge in [-0.2, -0.15) is 0 Å². The van der Waals surface area contributed by atoms with Gasteiger partial charge in [-0.3, -0.25) is 0 Å². The zero-order valence-electron chi connectivity index (χ0n) is 19.2. The molecular weight excluding hydrogens is 410 g/mol. The molecule has 0 radical (unpaired) electrons. The van der Waals surface area contributed by atoms with Crippen molar-refractivity contribution in [3.8, 4) is 11.1 Å². The summed E-state index contributed by atoms with van der Waals surface area (Å²) in [5.74, 6) is 0. The lowest BCUT2D eigenvalue weighted by Gasteiger charge is -2.24. The lowest BCUT2D eigenvalue weighted by atomic mass is 9.79. The summed E-state index contributed by atoms with van der Waals surface area (Å²) < 4.78 is 0. The molecule has 0 fully saturated rings. The van der Waals surface area contributed by atoms with Gasteiger partial charge in [0.25, 0.3) is 0 Å². The van der Waals surface area contributed by atoms with Crippen molar-refractivity contribution in [2.45, 2.75) is 19.3 Å². The number of H-pyrrole nitrogens is 1. The maximum absolute atomic E-state index is 3.74. The van der Waals surface area contributed by atoms with Gasteiger partial charge >= 0.3 is 0 Å². The van der Waals surface area contributed by atoms with Crippen molar-refractivity contribution < 1.29 is 0 Å². The Morgan fingerprint density at radius 3 is 1.85 bits per heavy atom. The molecule has 34 heavy (non-hydrogen) atoms. The van der Waals surface area contributed by atoms with Gasteiger partial charge in [0.05, 0.1) is 0 Å². The van der Waals surface area contributed by atoms with Gasteiger partial charge in [-0.15, -0.1) is 0 Å². The van der Waals surface area contributed by atoms with Crippen molar-refractivity contribution in [1.82, 2.24) is 4.98 Å². The van der Waals surface area contributed by atoms with Crippen molar-refractivity contribution in [3.63, 3.8) is 0 Å². The molecule has 8 rings (SSSR count). The molecule has 1 aliphatic rings. The number of hydrogen-bond acceptors (Lipinski definition) is 0. The van der Waals surface area contributed by atoms with Gasteiger partial charge in [0.15, 0.2) is 0 Å². The van der Waals surface area contributed by atoms with Crippen LogP contribution in [0.15, 0.2) is 97.1 Å². The number of hydrogen-bond donors (Lipinski definition) is 1. The van der Waals surface area contributed by atoms with E-state index < -0.39 is 0 Å². The van der Waals surface area contributed by atoms with E-state index >= 15 is 0 Å². The molecule has 0 saturated carbocycles. The fourth-order valence-corrected chi connectivity index (χ4v) is 6.57. The molecule has 6 aromatic carbocycles. The minimum absolute atomic E-state index is 0.0804. The Kier molecular flexibility index (Phi) is 3.27. The van der Waals surface area contributed by atoms with E-state index in [1.807, 2.05) is 0 Å². The quantitative estimate of drug-likeness (QED) is 0.230. The Hall–Kier alpha value is -4.10. The molecule has 1 N–H and O–H groups in total. The van der Waals surface area contributed by atoms with Gasteiger partial charge in [-0.1, -0.05) is 86.6 Å². The number of rotatable bonds is 0. The smallest absolute Gasteiger partial charge is 0.0471 e. The third kappa shape index (κ3) is 2.15.